The molecule has 1 aromatic rings. The summed E-state index contributed by atoms with van der Waals surface area (Å²) in [6.45, 7) is 0. The van der Waals surface area contributed by atoms with Crippen LogP contribution in [0, 0.1) is 0 Å². The third kappa shape index (κ3) is 3.08. The second kappa shape index (κ2) is 5.07. The van der Waals surface area contributed by atoms with Gasteiger partial charge in [0.1, 0.15) is 0 Å². The van der Waals surface area contributed by atoms with Crippen molar-refractivity contribution < 1.29 is 13.6 Å². The van der Waals surface area contributed by atoms with Gasteiger partial charge in [-0.25, -0.2) is 0 Å². The van der Waals surface area contributed by atoms with E-state index < -0.39 is 8.80 Å². The largest absolute Gasteiger partial charge is 0.526 e. The minimum Gasteiger partial charge on any atom is -0.387 e. The van der Waals surface area contributed by atoms with Crippen molar-refractivity contribution in [3.8, 4) is 0 Å². The summed E-state index contributed by atoms with van der Waals surface area (Å²) in [5.74, 6) is 0. The number of hydrogen-bond donors (Lipinski definition) is 1. The standard InChI is InChI=1S/C10H14O3Si/c1-12-14(11,13-2)9-8-10-6-4-3-5-7-10/h3-9,11H,1-2H3/b9-8+. The first-order chi connectivity index (χ1) is 6.70. The SMILES string of the molecule is CO[Si](O)(/C=C/c1ccccc1)OC. The van der Waals surface area contributed by atoms with Gasteiger partial charge in [-0.2, -0.15) is 0 Å². The molecule has 0 radical (unpaired) electrons. The molecular weight excluding hydrogens is 196 g/mol. The zero-order chi connectivity index (χ0) is 10.4. The van der Waals surface area contributed by atoms with Crippen molar-refractivity contribution in [2.75, 3.05) is 14.2 Å². The maximum Gasteiger partial charge on any atom is 0.526 e. The van der Waals surface area contributed by atoms with Crippen molar-refractivity contribution in [2.45, 2.75) is 0 Å². The molecule has 0 aliphatic heterocycles. The molecule has 3 nitrogen and oxygen atoms in total. The van der Waals surface area contributed by atoms with E-state index in [0.29, 0.717) is 0 Å². The summed E-state index contributed by atoms with van der Waals surface area (Å²) in [7, 11) is -0.190. The quantitative estimate of drug-likeness (QED) is 0.765. The molecule has 0 saturated heterocycles. The third-order valence-corrected chi connectivity index (χ3v) is 3.63. The third-order valence-electron chi connectivity index (χ3n) is 1.87. The average molecular weight is 210 g/mol. The molecule has 0 atom stereocenters. The highest BCUT2D eigenvalue weighted by Gasteiger charge is 2.30. The van der Waals surface area contributed by atoms with Gasteiger partial charge in [0.05, 0.1) is 0 Å². The van der Waals surface area contributed by atoms with Gasteiger partial charge >= 0.3 is 8.80 Å². The highest BCUT2D eigenvalue weighted by Crippen LogP contribution is 2.07. The minimum absolute atomic E-state index is 1.01. The lowest BCUT2D eigenvalue weighted by Gasteiger charge is -2.14. The molecule has 4 heteroatoms. The Morgan fingerprint density at radius 1 is 1.14 bits per heavy atom. The van der Waals surface area contributed by atoms with Crippen LogP contribution in [0.15, 0.2) is 36.0 Å². The highest BCUT2D eigenvalue weighted by atomic mass is 28.4. The first-order valence-electron chi connectivity index (χ1n) is 4.27. The van der Waals surface area contributed by atoms with Gasteiger partial charge < -0.3 is 13.6 Å². The molecule has 0 unspecified atom stereocenters. The van der Waals surface area contributed by atoms with Crippen LogP contribution in [0.4, 0.5) is 0 Å². The minimum atomic E-state index is -3.06. The van der Waals surface area contributed by atoms with Gasteiger partial charge in [-0.3, -0.25) is 0 Å². The fourth-order valence-electron chi connectivity index (χ4n) is 0.985. The van der Waals surface area contributed by atoms with Crippen LogP contribution in [-0.2, 0) is 8.85 Å². The molecular formula is C10H14O3Si. The summed E-state index contributed by atoms with van der Waals surface area (Å²) in [5.41, 5.74) is 2.59. The molecule has 0 aromatic heterocycles. The molecule has 1 N–H and O–H groups in total. The summed E-state index contributed by atoms with van der Waals surface area (Å²) in [6, 6.07) is 9.68. The van der Waals surface area contributed by atoms with Gasteiger partial charge in [0.2, 0.25) is 0 Å². The normalized spacial score (nSPS) is 12.2. The van der Waals surface area contributed by atoms with Gasteiger partial charge in [-0.1, -0.05) is 36.4 Å². The number of hydrogen-bond acceptors (Lipinski definition) is 3. The molecule has 0 fully saturated rings. The average Bonchev–Trinajstić information content (AvgIpc) is 2.27. The predicted octanol–water partition coefficient (Wildman–Crippen LogP) is 1.46. The number of rotatable bonds is 4. The smallest absolute Gasteiger partial charge is 0.387 e. The first kappa shape index (κ1) is 11.1. The van der Waals surface area contributed by atoms with E-state index in [1.807, 2.05) is 30.3 Å². The van der Waals surface area contributed by atoms with Crippen molar-refractivity contribution in [1.82, 2.24) is 0 Å². The molecule has 0 spiro atoms. The van der Waals surface area contributed by atoms with E-state index in [1.165, 1.54) is 14.2 Å². The Morgan fingerprint density at radius 3 is 2.21 bits per heavy atom. The van der Waals surface area contributed by atoms with Gasteiger partial charge in [-0.15, -0.1) is 0 Å². The van der Waals surface area contributed by atoms with Crippen molar-refractivity contribution >= 4 is 14.9 Å². The molecule has 0 saturated carbocycles. The first-order valence-corrected chi connectivity index (χ1v) is 6.11. The maximum absolute atomic E-state index is 9.70. The summed E-state index contributed by atoms with van der Waals surface area (Å²) in [5, 5.41) is 0. The second-order valence-electron chi connectivity index (χ2n) is 2.78. The van der Waals surface area contributed by atoms with Gasteiger partial charge in [0.15, 0.2) is 0 Å². The van der Waals surface area contributed by atoms with E-state index >= 15 is 0 Å². The van der Waals surface area contributed by atoms with Crippen LogP contribution in [-0.4, -0.2) is 27.8 Å². The predicted molar refractivity (Wildman–Crippen MR) is 57.5 cm³/mol. The zero-order valence-electron chi connectivity index (χ0n) is 8.31. The Kier molecular flexibility index (Phi) is 4.03. The molecule has 0 aliphatic carbocycles. The van der Waals surface area contributed by atoms with E-state index in [0.717, 1.165) is 5.56 Å². The zero-order valence-corrected chi connectivity index (χ0v) is 9.31. The Bertz CT molecular complexity index is 293. The fraction of sp³-hybridized carbons (Fsp3) is 0.200. The van der Waals surface area contributed by atoms with Crippen LogP contribution in [0.3, 0.4) is 0 Å². The van der Waals surface area contributed by atoms with Crippen LogP contribution >= 0.6 is 0 Å². The fourth-order valence-corrected chi connectivity index (χ4v) is 1.83. The molecule has 0 heterocycles. The summed E-state index contributed by atoms with van der Waals surface area (Å²) >= 11 is 0. The van der Waals surface area contributed by atoms with Crippen molar-refractivity contribution in [3.05, 3.63) is 41.6 Å². The Morgan fingerprint density at radius 2 is 1.71 bits per heavy atom. The molecule has 76 valence electrons. The van der Waals surface area contributed by atoms with E-state index in [-0.39, 0.29) is 0 Å². The van der Waals surface area contributed by atoms with Gasteiger partial charge in [0.25, 0.3) is 0 Å². The molecule has 14 heavy (non-hydrogen) atoms. The molecule has 0 aliphatic rings. The topological polar surface area (TPSA) is 38.7 Å². The molecule has 0 amide bonds. The molecule has 1 rings (SSSR count). The van der Waals surface area contributed by atoms with Crippen LogP contribution in [0.2, 0.25) is 0 Å². The van der Waals surface area contributed by atoms with E-state index in [1.54, 1.807) is 11.8 Å². The van der Waals surface area contributed by atoms with Crippen molar-refractivity contribution in [2.24, 2.45) is 0 Å². The van der Waals surface area contributed by atoms with Gasteiger partial charge in [0, 0.05) is 14.2 Å². The van der Waals surface area contributed by atoms with Gasteiger partial charge in [-0.05, 0) is 11.3 Å². The van der Waals surface area contributed by atoms with Crippen LogP contribution in [0.1, 0.15) is 5.56 Å². The highest BCUT2D eigenvalue weighted by molar-refractivity contribution is 6.65. The number of benzene rings is 1. The second-order valence-corrected chi connectivity index (χ2v) is 5.19. The lowest BCUT2D eigenvalue weighted by atomic mass is 10.2. The summed E-state index contributed by atoms with van der Waals surface area (Å²) in [6.07, 6.45) is 1.79. The van der Waals surface area contributed by atoms with E-state index in [9.17, 15) is 4.80 Å². The van der Waals surface area contributed by atoms with Crippen molar-refractivity contribution in [3.63, 3.8) is 0 Å². The summed E-state index contributed by atoms with van der Waals surface area (Å²) in [4.78, 5) is 9.70. The van der Waals surface area contributed by atoms with Crippen LogP contribution in [0.25, 0.3) is 6.08 Å². The van der Waals surface area contributed by atoms with E-state index in [2.05, 4.69) is 0 Å². The van der Waals surface area contributed by atoms with Crippen LogP contribution in [0.5, 0.6) is 0 Å². The Hall–Kier alpha value is -0.943. The molecule has 0 bridgehead atoms. The Labute approximate surface area is 85.0 Å². The summed E-state index contributed by atoms with van der Waals surface area (Å²) < 4.78 is 9.79. The lowest BCUT2D eigenvalue weighted by molar-refractivity contribution is 0.167. The lowest BCUT2D eigenvalue weighted by Crippen LogP contribution is -2.38. The van der Waals surface area contributed by atoms with E-state index in [4.69, 9.17) is 8.85 Å². The van der Waals surface area contributed by atoms with Crippen LogP contribution < -0.4 is 0 Å². The molecule has 1 aromatic carbocycles. The van der Waals surface area contributed by atoms with Crippen molar-refractivity contribution in [1.29, 1.82) is 0 Å². The monoisotopic (exact) mass is 210 g/mol. The maximum atomic E-state index is 9.70. The Balaban J connectivity index is 2.72.